The topological polar surface area (TPSA) is 50.4 Å². The number of nitrogens with one attached hydrogen (secondary N) is 2. The van der Waals surface area contributed by atoms with Gasteiger partial charge in [0, 0.05) is 5.02 Å². The number of anilines is 1. The van der Waals surface area contributed by atoms with Gasteiger partial charge in [-0.3, -0.25) is 10.1 Å². The number of benzene rings is 2. The van der Waals surface area contributed by atoms with Crippen molar-refractivity contribution in [1.29, 1.82) is 0 Å². The van der Waals surface area contributed by atoms with E-state index in [4.69, 9.17) is 63.4 Å². The van der Waals surface area contributed by atoms with Gasteiger partial charge in [-0.15, -0.1) is 0 Å². The Kier molecular flexibility index (Phi) is 7.16. The third-order valence-electron chi connectivity index (χ3n) is 3.00. The minimum Gasteiger partial charge on any atom is -0.479 e. The normalized spacial score (nSPS) is 11.6. The summed E-state index contributed by atoms with van der Waals surface area (Å²) >= 11 is 28.9. The van der Waals surface area contributed by atoms with Crippen LogP contribution < -0.4 is 15.4 Å². The second-order valence-corrected chi connectivity index (χ2v) is 6.92. The predicted molar refractivity (Wildman–Crippen MR) is 107 cm³/mol. The molecule has 1 amide bonds. The first-order valence-corrected chi connectivity index (χ1v) is 8.87. The van der Waals surface area contributed by atoms with E-state index in [9.17, 15) is 4.79 Å². The molecule has 0 saturated carbocycles. The van der Waals surface area contributed by atoms with Gasteiger partial charge in [0.1, 0.15) is 5.75 Å². The molecule has 0 aliphatic carbocycles. The monoisotopic (exact) mass is 436 g/mol. The Morgan fingerprint density at radius 1 is 1.12 bits per heavy atom. The minimum atomic E-state index is -0.840. The van der Waals surface area contributed by atoms with Crippen LogP contribution in [-0.2, 0) is 4.79 Å². The van der Waals surface area contributed by atoms with Crippen LogP contribution in [0.15, 0.2) is 36.4 Å². The molecule has 0 radical (unpaired) electrons. The number of rotatable bonds is 4. The molecule has 2 rings (SSSR count). The molecule has 0 aromatic heterocycles. The summed E-state index contributed by atoms with van der Waals surface area (Å²) in [5.41, 5.74) is 0.480. The highest BCUT2D eigenvalue weighted by Gasteiger charge is 2.18. The fourth-order valence-electron chi connectivity index (χ4n) is 1.78. The molecule has 0 heterocycles. The van der Waals surface area contributed by atoms with Gasteiger partial charge in [0.05, 0.1) is 20.8 Å². The van der Waals surface area contributed by atoms with Crippen LogP contribution in [-0.4, -0.2) is 17.1 Å². The van der Waals surface area contributed by atoms with Crippen molar-refractivity contribution in [2.45, 2.75) is 13.0 Å². The number of hydrogen-bond donors (Lipinski definition) is 2. The van der Waals surface area contributed by atoms with Gasteiger partial charge >= 0.3 is 0 Å². The molecular weight excluding hydrogens is 426 g/mol. The third-order valence-corrected chi connectivity index (χ3v) is 4.56. The number of hydrogen-bond acceptors (Lipinski definition) is 3. The smallest absolute Gasteiger partial charge is 0.266 e. The van der Waals surface area contributed by atoms with E-state index < -0.39 is 12.0 Å². The number of amides is 1. The van der Waals surface area contributed by atoms with Gasteiger partial charge in [-0.1, -0.05) is 52.5 Å². The molecule has 0 aliphatic rings. The molecule has 0 aliphatic heterocycles. The van der Waals surface area contributed by atoms with E-state index in [1.54, 1.807) is 37.3 Å². The van der Waals surface area contributed by atoms with E-state index in [-0.39, 0.29) is 5.11 Å². The lowest BCUT2D eigenvalue weighted by molar-refractivity contribution is -0.125. The largest absolute Gasteiger partial charge is 0.479 e. The van der Waals surface area contributed by atoms with Gasteiger partial charge in [0.25, 0.3) is 5.91 Å². The summed E-state index contributed by atoms with van der Waals surface area (Å²) < 4.78 is 5.52. The number of carbonyl (C=O) groups is 1. The van der Waals surface area contributed by atoms with Crippen LogP contribution in [0, 0.1) is 0 Å². The van der Waals surface area contributed by atoms with Crippen molar-refractivity contribution in [2.24, 2.45) is 0 Å². The summed E-state index contributed by atoms with van der Waals surface area (Å²) in [7, 11) is 0. The van der Waals surface area contributed by atoms with E-state index in [0.717, 1.165) is 0 Å². The summed E-state index contributed by atoms with van der Waals surface area (Å²) in [5, 5.41) is 6.83. The molecule has 132 valence electrons. The minimum absolute atomic E-state index is 0.0619. The van der Waals surface area contributed by atoms with Crippen molar-refractivity contribution < 1.29 is 9.53 Å². The molecule has 1 unspecified atom stereocenters. The molecule has 2 N–H and O–H groups in total. The Hall–Kier alpha value is -1.24. The van der Waals surface area contributed by atoms with Crippen LogP contribution in [0.1, 0.15) is 6.92 Å². The zero-order valence-electron chi connectivity index (χ0n) is 12.8. The zero-order chi connectivity index (χ0) is 18.6. The highest BCUT2D eigenvalue weighted by atomic mass is 35.5. The van der Waals surface area contributed by atoms with E-state index in [1.165, 1.54) is 6.07 Å². The Morgan fingerprint density at radius 3 is 2.52 bits per heavy atom. The molecule has 9 heteroatoms. The summed E-state index contributed by atoms with van der Waals surface area (Å²) in [6.07, 6.45) is -0.840. The number of carbonyl (C=O) groups excluding carboxylic acids is 1. The van der Waals surface area contributed by atoms with Crippen molar-refractivity contribution in [2.75, 3.05) is 5.32 Å². The van der Waals surface area contributed by atoms with Gasteiger partial charge in [-0.2, -0.15) is 0 Å². The molecule has 25 heavy (non-hydrogen) atoms. The Bertz CT molecular complexity index is 817. The van der Waals surface area contributed by atoms with Crippen LogP contribution >= 0.6 is 58.6 Å². The van der Waals surface area contributed by atoms with Gasteiger partial charge < -0.3 is 10.1 Å². The summed E-state index contributed by atoms with van der Waals surface area (Å²) in [6, 6.07) is 9.74. The maximum Gasteiger partial charge on any atom is 0.266 e. The first kappa shape index (κ1) is 20.1. The molecule has 0 spiro atoms. The van der Waals surface area contributed by atoms with Crippen LogP contribution in [0.5, 0.6) is 5.75 Å². The quantitative estimate of drug-likeness (QED) is 0.613. The fourth-order valence-corrected chi connectivity index (χ4v) is 2.79. The summed E-state index contributed by atoms with van der Waals surface area (Å²) in [4.78, 5) is 12.2. The lowest BCUT2D eigenvalue weighted by Crippen LogP contribution is -2.42. The third kappa shape index (κ3) is 5.62. The predicted octanol–water partition coefficient (Wildman–Crippen LogP) is 5.58. The second-order valence-electron chi connectivity index (χ2n) is 4.88. The maximum absolute atomic E-state index is 12.2. The zero-order valence-corrected chi connectivity index (χ0v) is 16.6. The van der Waals surface area contributed by atoms with Crippen LogP contribution in [0.25, 0.3) is 0 Å². The summed E-state index contributed by atoms with van der Waals surface area (Å²) in [5.74, 6) is -0.118. The van der Waals surface area contributed by atoms with E-state index in [2.05, 4.69) is 10.6 Å². The van der Waals surface area contributed by atoms with Gasteiger partial charge in [0.15, 0.2) is 11.2 Å². The standard InChI is InChI=1S/C16H12Cl4N2O2S/c1-8(24-13-6-5-9(17)7-11(13)19)15(23)22-16(25)21-12-4-2-3-10(18)14(12)20/h2-8H,1H3,(H2,21,22,23,25). The van der Waals surface area contributed by atoms with Crippen molar-refractivity contribution in [1.82, 2.24) is 5.32 Å². The van der Waals surface area contributed by atoms with E-state index >= 15 is 0 Å². The van der Waals surface area contributed by atoms with Crippen LogP contribution in [0.3, 0.4) is 0 Å². The molecule has 2 aromatic carbocycles. The number of halogens is 4. The Labute approximate surface area is 170 Å². The average Bonchev–Trinajstić information content (AvgIpc) is 2.54. The van der Waals surface area contributed by atoms with Gasteiger partial charge in [-0.25, -0.2) is 0 Å². The molecule has 2 aromatic rings. The summed E-state index contributed by atoms with van der Waals surface area (Å²) in [6.45, 7) is 1.56. The Morgan fingerprint density at radius 2 is 1.84 bits per heavy atom. The molecule has 4 nitrogen and oxygen atoms in total. The second kappa shape index (κ2) is 8.92. The number of ether oxygens (including phenoxy) is 1. The van der Waals surface area contributed by atoms with Crippen molar-refractivity contribution in [3.8, 4) is 5.75 Å². The SMILES string of the molecule is CC(Oc1ccc(Cl)cc1Cl)C(=O)NC(=S)Nc1cccc(Cl)c1Cl. The van der Waals surface area contributed by atoms with Crippen molar-refractivity contribution in [3.05, 3.63) is 56.5 Å². The lowest BCUT2D eigenvalue weighted by atomic mass is 10.3. The number of thiocarbonyl (C=S) groups is 1. The van der Waals surface area contributed by atoms with Crippen molar-refractivity contribution in [3.63, 3.8) is 0 Å². The Balaban J connectivity index is 1.96. The van der Waals surface area contributed by atoms with Crippen molar-refractivity contribution >= 4 is 75.3 Å². The fraction of sp³-hybridized carbons (Fsp3) is 0.125. The van der Waals surface area contributed by atoms with E-state index in [0.29, 0.717) is 31.5 Å². The molecule has 0 fully saturated rings. The van der Waals surface area contributed by atoms with Crippen LogP contribution in [0.4, 0.5) is 5.69 Å². The average molecular weight is 438 g/mol. The molecule has 0 saturated heterocycles. The lowest BCUT2D eigenvalue weighted by Gasteiger charge is -2.17. The first-order valence-electron chi connectivity index (χ1n) is 6.95. The first-order chi connectivity index (χ1) is 11.8. The highest BCUT2D eigenvalue weighted by molar-refractivity contribution is 7.80. The van der Waals surface area contributed by atoms with Gasteiger partial charge in [-0.05, 0) is 49.5 Å². The highest BCUT2D eigenvalue weighted by Crippen LogP contribution is 2.30. The molecule has 1 atom stereocenters. The van der Waals surface area contributed by atoms with E-state index in [1.807, 2.05) is 0 Å². The maximum atomic E-state index is 12.2. The molecular formula is C16H12Cl4N2O2S. The van der Waals surface area contributed by atoms with Gasteiger partial charge in [0.2, 0.25) is 0 Å². The molecule has 0 bridgehead atoms. The van der Waals surface area contributed by atoms with Crippen LogP contribution in [0.2, 0.25) is 20.1 Å².